The zero-order valence-corrected chi connectivity index (χ0v) is 26.1. The summed E-state index contributed by atoms with van der Waals surface area (Å²) < 4.78 is 44.7. The number of rotatable bonds is 12. The third-order valence-electron chi connectivity index (χ3n) is 7.62. The summed E-state index contributed by atoms with van der Waals surface area (Å²) in [6, 6.07) is 21.7. The summed E-state index contributed by atoms with van der Waals surface area (Å²) in [6.45, 7) is 0.454. The highest BCUT2D eigenvalue weighted by Crippen LogP contribution is 2.37. The molecule has 0 atom stereocenters. The van der Waals surface area contributed by atoms with Gasteiger partial charge in [-0.05, 0) is 67.3 Å². The van der Waals surface area contributed by atoms with Crippen molar-refractivity contribution in [1.29, 1.82) is 0 Å². The normalized spacial score (nSPS) is 12.4. The Balaban J connectivity index is 1.12. The summed E-state index contributed by atoms with van der Waals surface area (Å²) in [7, 11) is 3.12. The molecule has 48 heavy (non-hydrogen) atoms. The van der Waals surface area contributed by atoms with E-state index in [4.69, 9.17) is 23.7 Å². The molecule has 242 valence electrons. The number of hydrogen-bond donors (Lipinski definition) is 1. The van der Waals surface area contributed by atoms with Crippen LogP contribution in [0.1, 0.15) is 23.3 Å². The highest BCUT2D eigenvalue weighted by Gasteiger charge is 2.26. The molecule has 1 fully saturated rings. The molecule has 1 N–H and O–H groups in total. The number of fused-ring (bicyclic) bond motifs is 1. The first-order chi connectivity index (χ1) is 23.5. The number of anilines is 1. The Morgan fingerprint density at radius 3 is 2.40 bits per heavy atom. The Hall–Kier alpha value is -6.17. The molecule has 0 bridgehead atoms. The molecule has 1 aliphatic carbocycles. The largest absolute Gasteiger partial charge is 0.493 e. The second-order valence-corrected chi connectivity index (χ2v) is 11.0. The number of methoxy groups -OCH3 is 2. The van der Waals surface area contributed by atoms with Crippen LogP contribution >= 0.6 is 0 Å². The number of ether oxygens (including phenoxy) is 5. The van der Waals surface area contributed by atoms with Crippen LogP contribution in [0.3, 0.4) is 0 Å². The molecule has 6 aromatic rings. The van der Waals surface area contributed by atoms with E-state index in [9.17, 15) is 9.18 Å². The molecule has 7 rings (SSSR count). The van der Waals surface area contributed by atoms with E-state index in [1.165, 1.54) is 29.1 Å². The van der Waals surface area contributed by atoms with Gasteiger partial charge in [-0.2, -0.15) is 5.10 Å². The maximum atomic E-state index is 14.3. The number of nitrogens with one attached hydrogen (secondary N) is 1. The summed E-state index contributed by atoms with van der Waals surface area (Å²) in [5, 5.41) is 8.04. The molecule has 0 unspecified atom stereocenters. The maximum absolute atomic E-state index is 14.3. The second kappa shape index (κ2) is 13.3. The quantitative estimate of drug-likeness (QED) is 0.143. The Kier molecular flexibility index (Phi) is 8.44. The molecule has 3 aromatic carbocycles. The van der Waals surface area contributed by atoms with Gasteiger partial charge in [0.2, 0.25) is 0 Å². The third kappa shape index (κ3) is 6.68. The van der Waals surface area contributed by atoms with Crippen LogP contribution in [0.15, 0.2) is 97.5 Å². The van der Waals surface area contributed by atoms with E-state index in [0.717, 1.165) is 18.2 Å². The van der Waals surface area contributed by atoms with Gasteiger partial charge in [-0.25, -0.2) is 14.1 Å². The minimum absolute atomic E-state index is 0.0420. The van der Waals surface area contributed by atoms with Gasteiger partial charge in [0, 0.05) is 23.7 Å². The van der Waals surface area contributed by atoms with Gasteiger partial charge in [0.05, 0.1) is 38.7 Å². The summed E-state index contributed by atoms with van der Waals surface area (Å²) in [4.78, 5) is 22.3. The van der Waals surface area contributed by atoms with Gasteiger partial charge in [-0.15, -0.1) is 0 Å². The number of pyridine rings is 2. The molecular weight excluding hydrogens is 617 g/mol. The van der Waals surface area contributed by atoms with Crippen molar-refractivity contribution in [3.8, 4) is 45.9 Å². The summed E-state index contributed by atoms with van der Waals surface area (Å²) in [5.74, 6) is 2.81. The molecule has 12 heteroatoms. The second-order valence-electron chi connectivity index (χ2n) is 11.0. The average molecular weight is 648 g/mol. The van der Waals surface area contributed by atoms with E-state index in [1.54, 1.807) is 69.1 Å². The molecule has 11 nitrogen and oxygen atoms in total. The van der Waals surface area contributed by atoms with E-state index in [0.29, 0.717) is 52.5 Å². The first-order valence-corrected chi connectivity index (χ1v) is 15.2. The van der Waals surface area contributed by atoms with E-state index in [2.05, 4.69) is 20.4 Å². The molecule has 1 saturated carbocycles. The molecule has 0 radical (unpaired) electrons. The fourth-order valence-corrected chi connectivity index (χ4v) is 4.96. The maximum Gasteiger partial charge on any atom is 0.281 e. The third-order valence-corrected chi connectivity index (χ3v) is 7.62. The molecule has 0 aliphatic heterocycles. The summed E-state index contributed by atoms with van der Waals surface area (Å²) in [5.41, 5.74) is 1.14. The predicted molar refractivity (Wildman–Crippen MR) is 175 cm³/mol. The van der Waals surface area contributed by atoms with Crippen LogP contribution in [0.2, 0.25) is 0 Å². The standard InChI is InChI=1S/C36H30FN5O6/c1-44-31-17-26-27(18-32(31)45-2)38-15-14-29(26)48-25-11-13-34(39-19-25)40-36(43)35-33(46-21-22-8-9-22)20-42(41-35)28-12-10-23(37)16-30(28)47-24-6-4-3-5-7-24/h3-7,10-20,22H,8-9,21H2,1-2H3,(H,39,40,43). The van der Waals surface area contributed by atoms with Crippen molar-refractivity contribution in [2.45, 2.75) is 12.8 Å². The Morgan fingerprint density at radius 2 is 1.65 bits per heavy atom. The van der Waals surface area contributed by atoms with Crippen LogP contribution in [0, 0.1) is 11.7 Å². The van der Waals surface area contributed by atoms with Gasteiger partial charge in [0.1, 0.15) is 34.6 Å². The SMILES string of the molecule is COc1cc2nccc(Oc3ccc(NC(=O)c4nn(-c5ccc(F)cc5Oc5ccccc5)cc4OCC4CC4)nc3)c2cc1OC. The fraction of sp³-hybridized carbons (Fsp3) is 0.167. The van der Waals surface area contributed by atoms with Gasteiger partial charge in [-0.3, -0.25) is 9.78 Å². The molecule has 3 heterocycles. The lowest BCUT2D eigenvalue weighted by molar-refractivity contribution is 0.101. The van der Waals surface area contributed by atoms with Gasteiger partial charge in [0.15, 0.2) is 28.7 Å². The number of carbonyl (C=O) groups excluding carboxylic acids is 1. The van der Waals surface area contributed by atoms with Crippen LogP contribution in [0.25, 0.3) is 16.6 Å². The number of aromatic nitrogens is 4. The smallest absolute Gasteiger partial charge is 0.281 e. The van der Waals surface area contributed by atoms with Crippen LogP contribution in [-0.4, -0.2) is 46.5 Å². The number of hydrogen-bond acceptors (Lipinski definition) is 9. The number of halogens is 1. The number of nitrogens with zero attached hydrogens (tertiary/aromatic N) is 4. The zero-order chi connectivity index (χ0) is 33.0. The van der Waals surface area contributed by atoms with Gasteiger partial charge in [0.25, 0.3) is 5.91 Å². The fourth-order valence-electron chi connectivity index (χ4n) is 4.96. The Bertz CT molecular complexity index is 2080. The van der Waals surface area contributed by atoms with Crippen molar-refractivity contribution < 1.29 is 32.9 Å². The summed E-state index contributed by atoms with van der Waals surface area (Å²) >= 11 is 0. The lowest BCUT2D eigenvalue weighted by atomic mass is 10.2. The average Bonchev–Trinajstić information content (AvgIpc) is 3.85. The first-order valence-electron chi connectivity index (χ1n) is 15.2. The number of amides is 1. The van der Waals surface area contributed by atoms with Crippen LogP contribution < -0.4 is 29.0 Å². The van der Waals surface area contributed by atoms with Crippen molar-refractivity contribution in [2.24, 2.45) is 5.92 Å². The lowest BCUT2D eigenvalue weighted by Gasteiger charge is -2.12. The molecule has 0 saturated heterocycles. The predicted octanol–water partition coefficient (Wildman–Crippen LogP) is 7.60. The molecule has 1 amide bonds. The minimum Gasteiger partial charge on any atom is -0.493 e. The number of para-hydroxylation sites is 1. The van der Waals surface area contributed by atoms with E-state index in [1.807, 2.05) is 18.2 Å². The van der Waals surface area contributed by atoms with Crippen molar-refractivity contribution >= 4 is 22.6 Å². The molecular formula is C36H30FN5O6. The van der Waals surface area contributed by atoms with Crippen molar-refractivity contribution in [3.05, 3.63) is 109 Å². The number of benzene rings is 3. The van der Waals surface area contributed by atoms with E-state index in [-0.39, 0.29) is 23.0 Å². The van der Waals surface area contributed by atoms with Gasteiger partial charge < -0.3 is 29.0 Å². The van der Waals surface area contributed by atoms with E-state index >= 15 is 0 Å². The zero-order valence-electron chi connectivity index (χ0n) is 26.1. The lowest BCUT2D eigenvalue weighted by Crippen LogP contribution is -2.15. The van der Waals surface area contributed by atoms with E-state index < -0.39 is 11.7 Å². The highest BCUT2D eigenvalue weighted by molar-refractivity contribution is 6.04. The Labute approximate surface area is 274 Å². The highest BCUT2D eigenvalue weighted by atomic mass is 19.1. The van der Waals surface area contributed by atoms with Crippen molar-refractivity contribution in [3.63, 3.8) is 0 Å². The topological polar surface area (TPSA) is 119 Å². The van der Waals surface area contributed by atoms with Crippen molar-refractivity contribution in [1.82, 2.24) is 19.7 Å². The van der Waals surface area contributed by atoms with Gasteiger partial charge >= 0.3 is 0 Å². The van der Waals surface area contributed by atoms with Gasteiger partial charge in [-0.1, -0.05) is 18.2 Å². The van der Waals surface area contributed by atoms with Crippen LogP contribution in [-0.2, 0) is 0 Å². The Morgan fingerprint density at radius 1 is 0.854 bits per heavy atom. The minimum atomic E-state index is -0.533. The molecule has 0 spiro atoms. The first kappa shape index (κ1) is 30.5. The summed E-state index contributed by atoms with van der Waals surface area (Å²) in [6.07, 6.45) is 6.86. The monoisotopic (exact) mass is 647 g/mol. The van der Waals surface area contributed by atoms with Crippen LogP contribution in [0.5, 0.6) is 40.2 Å². The van der Waals surface area contributed by atoms with Crippen molar-refractivity contribution in [2.75, 3.05) is 26.1 Å². The van der Waals surface area contributed by atoms with Crippen LogP contribution in [0.4, 0.5) is 10.2 Å². The molecule has 1 aliphatic rings. The number of carbonyl (C=O) groups is 1. The molecule has 3 aromatic heterocycles.